The van der Waals surface area contributed by atoms with Crippen LogP contribution < -0.4 is 0 Å². The van der Waals surface area contributed by atoms with Gasteiger partial charge in [-0.3, -0.25) is 4.79 Å². The molecule has 0 heterocycles. The van der Waals surface area contributed by atoms with Crippen LogP contribution in [0.5, 0.6) is 0 Å². The third-order valence-electron chi connectivity index (χ3n) is 2.04. The minimum Gasteiger partial charge on any atom is -0.481 e. The number of carbonyl (C=O) groups is 1. The molecule has 76 valence electrons. The minimum atomic E-state index is -0.746. The lowest BCUT2D eigenvalue weighted by molar-refractivity contribution is -0.139. The predicted molar refractivity (Wildman–Crippen MR) is 54.7 cm³/mol. The number of unbranched alkanes of at least 4 members (excludes halogenated alkanes) is 4. The number of rotatable bonds is 7. The van der Waals surface area contributed by atoms with E-state index in [1.165, 1.54) is 25.7 Å². The molecular weight excluding hydrogens is 164 g/mol. The van der Waals surface area contributed by atoms with E-state index in [9.17, 15) is 4.79 Å². The standard InChI is InChI=1S/C11H20O2/c1-3-4-5-6-7-8-9-10(2)11(12)13/h8-10H,3-7H2,1-2H3,(H,12,13)/b9-8+/t10-/m0/s1. The molecule has 0 bridgehead atoms. The van der Waals surface area contributed by atoms with Crippen molar-refractivity contribution in [1.82, 2.24) is 0 Å². The van der Waals surface area contributed by atoms with E-state index < -0.39 is 5.97 Å². The van der Waals surface area contributed by atoms with E-state index in [0.717, 1.165) is 6.42 Å². The Morgan fingerprint density at radius 1 is 1.38 bits per heavy atom. The monoisotopic (exact) mass is 184 g/mol. The normalized spacial score (nSPS) is 13.4. The van der Waals surface area contributed by atoms with Crippen LogP contribution in [-0.4, -0.2) is 11.1 Å². The third kappa shape index (κ3) is 7.57. The van der Waals surface area contributed by atoms with Gasteiger partial charge in [-0.05, 0) is 19.8 Å². The van der Waals surface area contributed by atoms with Gasteiger partial charge in [0.25, 0.3) is 0 Å². The highest BCUT2D eigenvalue weighted by atomic mass is 16.4. The van der Waals surface area contributed by atoms with Crippen molar-refractivity contribution in [3.63, 3.8) is 0 Å². The molecular formula is C11H20O2. The van der Waals surface area contributed by atoms with Crippen LogP contribution in [0.4, 0.5) is 0 Å². The fourth-order valence-electron chi connectivity index (χ4n) is 1.07. The van der Waals surface area contributed by atoms with Gasteiger partial charge in [0.2, 0.25) is 0 Å². The maximum atomic E-state index is 10.4. The highest BCUT2D eigenvalue weighted by Gasteiger charge is 2.04. The average molecular weight is 184 g/mol. The second kappa shape index (κ2) is 7.84. The Labute approximate surface area is 80.7 Å². The van der Waals surface area contributed by atoms with E-state index in [0.29, 0.717) is 0 Å². The average Bonchev–Trinajstić information content (AvgIpc) is 2.10. The van der Waals surface area contributed by atoms with Crippen molar-refractivity contribution in [2.75, 3.05) is 0 Å². The summed E-state index contributed by atoms with van der Waals surface area (Å²) in [7, 11) is 0. The molecule has 0 aliphatic rings. The summed E-state index contributed by atoms with van der Waals surface area (Å²) in [6.45, 7) is 3.88. The van der Waals surface area contributed by atoms with Gasteiger partial charge in [-0.2, -0.15) is 0 Å². The first-order valence-electron chi connectivity index (χ1n) is 5.08. The van der Waals surface area contributed by atoms with Gasteiger partial charge in [-0.1, -0.05) is 38.3 Å². The van der Waals surface area contributed by atoms with Crippen LogP contribution in [0.3, 0.4) is 0 Å². The number of carboxylic acid groups (broad SMARTS) is 1. The van der Waals surface area contributed by atoms with Crippen molar-refractivity contribution in [2.24, 2.45) is 5.92 Å². The summed E-state index contributed by atoms with van der Waals surface area (Å²) < 4.78 is 0. The quantitative estimate of drug-likeness (QED) is 0.487. The second-order valence-corrected chi connectivity index (χ2v) is 3.40. The molecule has 0 spiro atoms. The van der Waals surface area contributed by atoms with Crippen molar-refractivity contribution in [1.29, 1.82) is 0 Å². The zero-order valence-corrected chi connectivity index (χ0v) is 8.62. The fraction of sp³-hybridized carbons (Fsp3) is 0.727. The van der Waals surface area contributed by atoms with Gasteiger partial charge in [0.05, 0.1) is 5.92 Å². The molecule has 1 N–H and O–H groups in total. The van der Waals surface area contributed by atoms with E-state index in [2.05, 4.69) is 6.92 Å². The molecule has 0 aliphatic carbocycles. The number of hydrogen-bond acceptors (Lipinski definition) is 1. The molecule has 0 unspecified atom stereocenters. The molecule has 0 aliphatic heterocycles. The summed E-state index contributed by atoms with van der Waals surface area (Å²) in [6, 6.07) is 0. The Kier molecular flexibility index (Phi) is 7.36. The molecule has 0 radical (unpaired) electrons. The lowest BCUT2D eigenvalue weighted by Crippen LogP contribution is -2.05. The summed E-state index contributed by atoms with van der Waals surface area (Å²) in [5.74, 6) is -1.09. The Hall–Kier alpha value is -0.790. The zero-order valence-electron chi connectivity index (χ0n) is 8.62. The SMILES string of the molecule is CCCCCC/C=C/[C@H](C)C(=O)O. The smallest absolute Gasteiger partial charge is 0.310 e. The number of aliphatic carboxylic acids is 1. The molecule has 1 atom stereocenters. The van der Waals surface area contributed by atoms with Gasteiger partial charge in [0.15, 0.2) is 0 Å². The van der Waals surface area contributed by atoms with Crippen molar-refractivity contribution >= 4 is 5.97 Å². The summed E-state index contributed by atoms with van der Waals surface area (Å²) in [6.07, 6.45) is 9.72. The van der Waals surface area contributed by atoms with Gasteiger partial charge >= 0.3 is 5.97 Å². The Bertz CT molecular complexity index is 161. The van der Waals surface area contributed by atoms with E-state index in [4.69, 9.17) is 5.11 Å². The van der Waals surface area contributed by atoms with Crippen LogP contribution in [0.2, 0.25) is 0 Å². The van der Waals surface area contributed by atoms with Crippen LogP contribution >= 0.6 is 0 Å². The molecule has 0 saturated carbocycles. The van der Waals surface area contributed by atoms with Crippen LogP contribution in [-0.2, 0) is 4.79 Å². The van der Waals surface area contributed by atoms with Crippen molar-refractivity contribution in [3.05, 3.63) is 12.2 Å². The number of allylic oxidation sites excluding steroid dienone is 1. The Balaban J connectivity index is 3.35. The molecule has 0 aromatic carbocycles. The van der Waals surface area contributed by atoms with Crippen LogP contribution in [0, 0.1) is 5.92 Å². The lowest BCUT2D eigenvalue weighted by Gasteiger charge is -1.97. The summed E-state index contributed by atoms with van der Waals surface area (Å²) in [5, 5.41) is 8.57. The molecule has 0 aromatic rings. The van der Waals surface area contributed by atoms with Gasteiger partial charge in [-0.15, -0.1) is 0 Å². The van der Waals surface area contributed by atoms with Gasteiger partial charge in [-0.25, -0.2) is 0 Å². The maximum absolute atomic E-state index is 10.4. The van der Waals surface area contributed by atoms with E-state index >= 15 is 0 Å². The molecule has 0 amide bonds. The summed E-state index contributed by atoms with van der Waals surface area (Å²) in [5.41, 5.74) is 0. The van der Waals surface area contributed by atoms with Gasteiger partial charge in [0, 0.05) is 0 Å². The van der Waals surface area contributed by atoms with Crippen LogP contribution in [0.25, 0.3) is 0 Å². The van der Waals surface area contributed by atoms with Gasteiger partial charge < -0.3 is 5.11 Å². The van der Waals surface area contributed by atoms with Crippen molar-refractivity contribution in [2.45, 2.75) is 46.0 Å². The molecule has 0 fully saturated rings. The number of hydrogen-bond donors (Lipinski definition) is 1. The van der Waals surface area contributed by atoms with E-state index in [1.807, 2.05) is 6.08 Å². The number of carboxylic acids is 1. The Morgan fingerprint density at radius 3 is 2.62 bits per heavy atom. The molecule has 2 heteroatoms. The van der Waals surface area contributed by atoms with Crippen molar-refractivity contribution < 1.29 is 9.90 Å². The largest absolute Gasteiger partial charge is 0.481 e. The topological polar surface area (TPSA) is 37.3 Å². The summed E-state index contributed by atoms with van der Waals surface area (Å²) >= 11 is 0. The first kappa shape index (κ1) is 12.2. The lowest BCUT2D eigenvalue weighted by atomic mass is 10.1. The molecule has 2 nitrogen and oxygen atoms in total. The summed E-state index contributed by atoms with van der Waals surface area (Å²) in [4.78, 5) is 10.4. The van der Waals surface area contributed by atoms with Crippen LogP contribution in [0.1, 0.15) is 46.0 Å². The van der Waals surface area contributed by atoms with E-state index in [-0.39, 0.29) is 5.92 Å². The van der Waals surface area contributed by atoms with Crippen LogP contribution in [0.15, 0.2) is 12.2 Å². The van der Waals surface area contributed by atoms with Gasteiger partial charge in [0.1, 0.15) is 0 Å². The highest BCUT2D eigenvalue weighted by molar-refractivity contribution is 5.71. The maximum Gasteiger partial charge on any atom is 0.310 e. The second-order valence-electron chi connectivity index (χ2n) is 3.40. The fourth-order valence-corrected chi connectivity index (χ4v) is 1.07. The van der Waals surface area contributed by atoms with Crippen molar-refractivity contribution in [3.8, 4) is 0 Å². The predicted octanol–water partition coefficient (Wildman–Crippen LogP) is 3.23. The minimum absolute atomic E-state index is 0.342. The molecule has 0 aromatic heterocycles. The first-order chi connectivity index (χ1) is 6.18. The highest BCUT2D eigenvalue weighted by Crippen LogP contribution is 2.04. The Morgan fingerprint density at radius 2 is 2.08 bits per heavy atom. The zero-order chi connectivity index (χ0) is 10.1. The molecule has 0 saturated heterocycles. The van der Waals surface area contributed by atoms with E-state index in [1.54, 1.807) is 13.0 Å². The third-order valence-corrected chi connectivity index (χ3v) is 2.04. The molecule has 13 heavy (non-hydrogen) atoms. The molecule has 0 rings (SSSR count). The first-order valence-corrected chi connectivity index (χ1v) is 5.08.